The van der Waals surface area contributed by atoms with Crippen LogP contribution in [0.4, 0.5) is 10.9 Å². The molecule has 4 aromatic heterocycles. The second-order valence-corrected chi connectivity index (χ2v) is 8.02. The lowest BCUT2D eigenvalue weighted by Crippen LogP contribution is -2.26. The summed E-state index contributed by atoms with van der Waals surface area (Å²) in [5.74, 6) is 1.06. The standard InChI is InChI=1S/C20H23N7O2S/c1-3-26-12-14(11-21-26)27-7-4-16-18(27)19(29-15-5-8-28-9-6-15)24-20(22-16)23-17-10-13(2)25-30-17/h4,7,10-12,15H,3,5-6,8-9H2,1-2H3,(H,22,23,24). The molecule has 0 bridgehead atoms. The predicted molar refractivity (Wildman–Crippen MR) is 115 cm³/mol. The highest BCUT2D eigenvalue weighted by atomic mass is 32.1. The average Bonchev–Trinajstić information content (AvgIpc) is 3.48. The Balaban J connectivity index is 1.57. The summed E-state index contributed by atoms with van der Waals surface area (Å²) in [4.78, 5) is 9.44. The van der Waals surface area contributed by atoms with Gasteiger partial charge in [0.2, 0.25) is 11.8 Å². The van der Waals surface area contributed by atoms with E-state index in [1.165, 1.54) is 11.5 Å². The number of hydrogen-bond donors (Lipinski definition) is 1. The fourth-order valence-electron chi connectivity index (χ4n) is 3.50. The highest BCUT2D eigenvalue weighted by Crippen LogP contribution is 2.31. The Morgan fingerprint density at radius 2 is 2.17 bits per heavy atom. The highest BCUT2D eigenvalue weighted by molar-refractivity contribution is 7.10. The predicted octanol–water partition coefficient (Wildman–Crippen LogP) is 3.70. The van der Waals surface area contributed by atoms with Gasteiger partial charge in [-0.25, -0.2) is 4.98 Å². The summed E-state index contributed by atoms with van der Waals surface area (Å²) in [6.45, 7) is 6.24. The molecule has 1 fully saturated rings. The number of fused-ring (bicyclic) bond motifs is 1. The van der Waals surface area contributed by atoms with E-state index in [0.29, 0.717) is 25.0 Å². The summed E-state index contributed by atoms with van der Waals surface area (Å²) in [7, 11) is 0. The van der Waals surface area contributed by atoms with Gasteiger partial charge in [0.05, 0.1) is 36.3 Å². The van der Waals surface area contributed by atoms with E-state index < -0.39 is 0 Å². The van der Waals surface area contributed by atoms with Crippen LogP contribution in [0.2, 0.25) is 0 Å². The maximum atomic E-state index is 6.37. The zero-order valence-corrected chi connectivity index (χ0v) is 17.7. The molecule has 0 aromatic carbocycles. The number of anilines is 2. The lowest BCUT2D eigenvalue weighted by Gasteiger charge is -2.23. The Labute approximate surface area is 177 Å². The summed E-state index contributed by atoms with van der Waals surface area (Å²) in [6.07, 6.45) is 7.58. The second kappa shape index (κ2) is 8.04. The Hall–Kier alpha value is -2.98. The quantitative estimate of drug-likeness (QED) is 0.503. The first-order valence-electron chi connectivity index (χ1n) is 10.1. The molecule has 9 nitrogen and oxygen atoms in total. The largest absolute Gasteiger partial charge is 0.473 e. The van der Waals surface area contributed by atoms with Crippen LogP contribution in [0.3, 0.4) is 0 Å². The molecule has 1 N–H and O–H groups in total. The van der Waals surface area contributed by atoms with Gasteiger partial charge in [0.25, 0.3) is 0 Å². The van der Waals surface area contributed by atoms with Gasteiger partial charge in [-0.3, -0.25) is 4.68 Å². The number of nitrogens with one attached hydrogen (secondary N) is 1. The van der Waals surface area contributed by atoms with Crippen LogP contribution in [0.5, 0.6) is 5.88 Å². The third-order valence-corrected chi connectivity index (χ3v) is 5.83. The maximum absolute atomic E-state index is 6.37. The van der Waals surface area contributed by atoms with Gasteiger partial charge in [-0.05, 0) is 37.5 Å². The van der Waals surface area contributed by atoms with E-state index in [0.717, 1.165) is 46.8 Å². The van der Waals surface area contributed by atoms with Gasteiger partial charge in [0.1, 0.15) is 16.6 Å². The number of hydrogen-bond acceptors (Lipinski definition) is 8. The molecule has 10 heteroatoms. The first-order valence-corrected chi connectivity index (χ1v) is 10.8. The van der Waals surface area contributed by atoms with Crippen LogP contribution in [-0.4, -0.2) is 48.0 Å². The van der Waals surface area contributed by atoms with Crippen molar-refractivity contribution in [3.05, 3.63) is 36.4 Å². The van der Waals surface area contributed by atoms with E-state index in [1.807, 2.05) is 46.9 Å². The van der Waals surface area contributed by atoms with Gasteiger partial charge in [0, 0.05) is 31.8 Å². The average molecular weight is 426 g/mol. The van der Waals surface area contributed by atoms with Crippen molar-refractivity contribution in [3.8, 4) is 11.6 Å². The molecule has 1 aliphatic rings. The minimum Gasteiger partial charge on any atom is -0.473 e. The first kappa shape index (κ1) is 19.0. The zero-order valence-electron chi connectivity index (χ0n) is 16.9. The summed E-state index contributed by atoms with van der Waals surface area (Å²) >= 11 is 1.38. The molecule has 4 aromatic rings. The number of rotatable bonds is 6. The minimum atomic E-state index is 0.0667. The molecule has 30 heavy (non-hydrogen) atoms. The van der Waals surface area contributed by atoms with E-state index in [-0.39, 0.29) is 6.10 Å². The van der Waals surface area contributed by atoms with Crippen LogP contribution < -0.4 is 10.1 Å². The normalized spacial score (nSPS) is 15.0. The molecule has 0 atom stereocenters. The van der Waals surface area contributed by atoms with Crippen molar-refractivity contribution < 1.29 is 9.47 Å². The lowest BCUT2D eigenvalue weighted by molar-refractivity contribution is 0.0243. The van der Waals surface area contributed by atoms with Crippen LogP contribution in [0.25, 0.3) is 16.7 Å². The van der Waals surface area contributed by atoms with Gasteiger partial charge >= 0.3 is 0 Å². The van der Waals surface area contributed by atoms with Gasteiger partial charge in [-0.15, -0.1) is 0 Å². The molecule has 0 aliphatic carbocycles. The highest BCUT2D eigenvalue weighted by Gasteiger charge is 2.21. The Bertz CT molecular complexity index is 1160. The van der Waals surface area contributed by atoms with Gasteiger partial charge in [0.15, 0.2) is 0 Å². The molecule has 5 rings (SSSR count). The molecule has 0 unspecified atom stereocenters. The Morgan fingerprint density at radius 3 is 2.90 bits per heavy atom. The SMILES string of the molecule is CCn1cc(-n2ccc3nc(Nc4cc(C)ns4)nc(OC4CCOCC4)c32)cn1. The molecular formula is C20H23N7O2S. The molecule has 0 amide bonds. The minimum absolute atomic E-state index is 0.0667. The molecule has 156 valence electrons. The summed E-state index contributed by atoms with van der Waals surface area (Å²) < 4.78 is 20.1. The van der Waals surface area contributed by atoms with Crippen LogP contribution in [0, 0.1) is 6.92 Å². The van der Waals surface area contributed by atoms with E-state index in [4.69, 9.17) is 19.4 Å². The van der Waals surface area contributed by atoms with Crippen LogP contribution in [0.1, 0.15) is 25.5 Å². The summed E-state index contributed by atoms with van der Waals surface area (Å²) in [5.41, 5.74) is 3.55. The molecule has 1 saturated heterocycles. The topological polar surface area (TPSA) is 91.9 Å². The zero-order chi connectivity index (χ0) is 20.5. The van der Waals surface area contributed by atoms with Crippen molar-refractivity contribution in [1.82, 2.24) is 28.7 Å². The summed E-state index contributed by atoms with van der Waals surface area (Å²) in [5, 5.41) is 8.55. The summed E-state index contributed by atoms with van der Waals surface area (Å²) in [6, 6.07) is 3.95. The number of aromatic nitrogens is 6. The molecule has 0 spiro atoms. The van der Waals surface area contributed by atoms with E-state index in [2.05, 4.69) is 21.7 Å². The van der Waals surface area contributed by atoms with Crippen molar-refractivity contribution in [2.75, 3.05) is 18.5 Å². The smallest absolute Gasteiger partial charge is 0.244 e. The van der Waals surface area contributed by atoms with Crippen LogP contribution in [-0.2, 0) is 11.3 Å². The molecule has 5 heterocycles. The van der Waals surface area contributed by atoms with E-state index >= 15 is 0 Å². The number of aryl methyl sites for hydroxylation is 2. The molecular weight excluding hydrogens is 402 g/mol. The van der Waals surface area contributed by atoms with Gasteiger partial charge in [-0.1, -0.05) is 0 Å². The van der Waals surface area contributed by atoms with E-state index in [1.54, 1.807) is 0 Å². The third kappa shape index (κ3) is 3.75. The van der Waals surface area contributed by atoms with Crippen molar-refractivity contribution in [2.45, 2.75) is 39.3 Å². The molecule has 0 saturated carbocycles. The van der Waals surface area contributed by atoms with Crippen molar-refractivity contribution >= 4 is 33.5 Å². The number of nitrogens with zero attached hydrogens (tertiary/aromatic N) is 6. The third-order valence-electron chi connectivity index (χ3n) is 5.03. The fourth-order valence-corrected chi connectivity index (χ4v) is 4.16. The second-order valence-electron chi connectivity index (χ2n) is 7.21. The monoisotopic (exact) mass is 425 g/mol. The van der Waals surface area contributed by atoms with Crippen molar-refractivity contribution in [1.29, 1.82) is 0 Å². The van der Waals surface area contributed by atoms with Crippen molar-refractivity contribution in [3.63, 3.8) is 0 Å². The number of ether oxygens (including phenoxy) is 2. The van der Waals surface area contributed by atoms with E-state index in [9.17, 15) is 0 Å². The molecule has 1 aliphatic heterocycles. The fraction of sp³-hybridized carbons (Fsp3) is 0.400. The van der Waals surface area contributed by atoms with Gasteiger partial charge in [-0.2, -0.15) is 14.5 Å². The Morgan fingerprint density at radius 1 is 1.30 bits per heavy atom. The Kier molecular flexibility index (Phi) is 5.09. The lowest BCUT2D eigenvalue weighted by atomic mass is 10.1. The van der Waals surface area contributed by atoms with Gasteiger partial charge < -0.3 is 19.4 Å². The maximum Gasteiger partial charge on any atom is 0.244 e. The van der Waals surface area contributed by atoms with Crippen LogP contribution in [0.15, 0.2) is 30.7 Å². The first-order chi connectivity index (χ1) is 14.7. The van der Waals surface area contributed by atoms with Crippen molar-refractivity contribution in [2.24, 2.45) is 0 Å². The molecule has 0 radical (unpaired) electrons. The van der Waals surface area contributed by atoms with Crippen LogP contribution >= 0.6 is 11.5 Å².